The first-order valence-electron chi connectivity index (χ1n) is 6.53. The summed E-state index contributed by atoms with van der Waals surface area (Å²) in [7, 11) is 0. The molecule has 4 heteroatoms. The lowest BCUT2D eigenvalue weighted by Crippen LogP contribution is -2.34. The van der Waals surface area contributed by atoms with Crippen molar-refractivity contribution in [2.24, 2.45) is 0 Å². The van der Waals surface area contributed by atoms with Crippen molar-refractivity contribution in [2.45, 2.75) is 19.8 Å². The van der Waals surface area contributed by atoms with Crippen LogP contribution in [0.25, 0.3) is 0 Å². The summed E-state index contributed by atoms with van der Waals surface area (Å²) in [5, 5.41) is 12.3. The van der Waals surface area contributed by atoms with Gasteiger partial charge in [0.15, 0.2) is 0 Å². The van der Waals surface area contributed by atoms with Crippen molar-refractivity contribution in [3.8, 4) is 0 Å². The lowest BCUT2D eigenvalue weighted by Gasteiger charge is -2.21. The zero-order valence-corrected chi connectivity index (χ0v) is 10.8. The molecule has 0 spiro atoms. The van der Waals surface area contributed by atoms with Crippen LogP contribution in [0.15, 0.2) is 18.2 Å². The Labute approximate surface area is 108 Å². The van der Waals surface area contributed by atoms with E-state index in [9.17, 15) is 4.79 Å². The number of carbonyl (C=O) groups is 1. The number of nitrogens with zero attached hydrogens (tertiary/aromatic N) is 1. The summed E-state index contributed by atoms with van der Waals surface area (Å²) in [4.78, 5) is 14.0. The predicted octanol–water partition coefficient (Wildman–Crippen LogP) is 1.50. The number of hydrogen-bond acceptors (Lipinski definition) is 3. The Kier molecular flexibility index (Phi) is 4.20. The topological polar surface area (TPSA) is 52.6 Å². The van der Waals surface area contributed by atoms with Gasteiger partial charge in [0.05, 0.1) is 6.61 Å². The Balaban J connectivity index is 2.16. The number of rotatable bonds is 5. The van der Waals surface area contributed by atoms with Crippen molar-refractivity contribution in [3.63, 3.8) is 0 Å². The van der Waals surface area contributed by atoms with Gasteiger partial charge in [0.25, 0.3) is 5.91 Å². The van der Waals surface area contributed by atoms with E-state index in [0.29, 0.717) is 13.1 Å². The SMILES string of the molecule is CCCN(CCO)C(=O)c1ccc2c(c1)CCN2. The summed E-state index contributed by atoms with van der Waals surface area (Å²) in [6.07, 6.45) is 1.88. The van der Waals surface area contributed by atoms with Crippen LogP contribution in [0.2, 0.25) is 0 Å². The van der Waals surface area contributed by atoms with Crippen molar-refractivity contribution in [3.05, 3.63) is 29.3 Å². The second kappa shape index (κ2) is 5.87. The molecule has 1 heterocycles. The van der Waals surface area contributed by atoms with Crippen molar-refractivity contribution in [1.82, 2.24) is 4.90 Å². The van der Waals surface area contributed by atoms with Gasteiger partial charge in [0.2, 0.25) is 0 Å². The minimum atomic E-state index is 0.0121. The molecule has 2 N–H and O–H groups in total. The van der Waals surface area contributed by atoms with E-state index in [0.717, 1.165) is 30.6 Å². The smallest absolute Gasteiger partial charge is 0.253 e. The molecular weight excluding hydrogens is 228 g/mol. The lowest BCUT2D eigenvalue weighted by atomic mass is 10.1. The summed E-state index contributed by atoms with van der Waals surface area (Å²) < 4.78 is 0. The van der Waals surface area contributed by atoms with Gasteiger partial charge in [0.1, 0.15) is 0 Å². The molecule has 2 rings (SSSR count). The maximum absolute atomic E-state index is 12.3. The van der Waals surface area contributed by atoms with E-state index >= 15 is 0 Å². The Bertz CT molecular complexity index is 426. The molecule has 98 valence electrons. The zero-order valence-electron chi connectivity index (χ0n) is 10.8. The highest BCUT2D eigenvalue weighted by Crippen LogP contribution is 2.23. The highest BCUT2D eigenvalue weighted by molar-refractivity contribution is 5.95. The fraction of sp³-hybridized carbons (Fsp3) is 0.500. The molecule has 1 aliphatic rings. The Morgan fingerprint density at radius 2 is 2.28 bits per heavy atom. The molecule has 1 aromatic rings. The molecular formula is C14H20N2O2. The third-order valence-corrected chi connectivity index (χ3v) is 3.21. The summed E-state index contributed by atoms with van der Waals surface area (Å²) in [5.74, 6) is 0.0144. The molecule has 0 atom stereocenters. The normalized spacial score (nSPS) is 13.0. The van der Waals surface area contributed by atoms with Gasteiger partial charge in [-0.1, -0.05) is 6.92 Å². The molecule has 0 unspecified atom stereocenters. The Morgan fingerprint density at radius 1 is 1.44 bits per heavy atom. The van der Waals surface area contributed by atoms with Crippen molar-refractivity contribution in [2.75, 3.05) is 31.6 Å². The van der Waals surface area contributed by atoms with Crippen molar-refractivity contribution >= 4 is 11.6 Å². The number of aliphatic hydroxyl groups excluding tert-OH is 1. The van der Waals surface area contributed by atoms with Gasteiger partial charge in [-0.2, -0.15) is 0 Å². The maximum atomic E-state index is 12.3. The number of hydrogen-bond donors (Lipinski definition) is 2. The molecule has 0 radical (unpaired) electrons. The quantitative estimate of drug-likeness (QED) is 0.830. The molecule has 0 bridgehead atoms. The first-order chi connectivity index (χ1) is 8.76. The molecule has 0 aliphatic carbocycles. The first kappa shape index (κ1) is 12.9. The van der Waals surface area contributed by atoms with Crippen LogP contribution in [-0.4, -0.2) is 42.2 Å². The highest BCUT2D eigenvalue weighted by Gasteiger charge is 2.17. The lowest BCUT2D eigenvalue weighted by molar-refractivity contribution is 0.0722. The number of fused-ring (bicyclic) bond motifs is 1. The average molecular weight is 248 g/mol. The van der Waals surface area contributed by atoms with Crippen LogP contribution >= 0.6 is 0 Å². The van der Waals surface area contributed by atoms with Gasteiger partial charge in [-0.05, 0) is 36.6 Å². The van der Waals surface area contributed by atoms with E-state index in [2.05, 4.69) is 5.32 Å². The second-order valence-electron chi connectivity index (χ2n) is 4.56. The standard InChI is InChI=1S/C14H20N2O2/c1-2-7-16(8-9-17)14(18)12-3-4-13-11(10-12)5-6-15-13/h3-4,10,15,17H,2,5-9H2,1H3. The van der Waals surface area contributed by atoms with Gasteiger partial charge < -0.3 is 15.3 Å². The van der Waals surface area contributed by atoms with E-state index in [1.807, 2.05) is 25.1 Å². The zero-order chi connectivity index (χ0) is 13.0. The molecule has 1 amide bonds. The fourth-order valence-electron chi connectivity index (χ4n) is 2.33. The summed E-state index contributed by atoms with van der Waals surface area (Å²) in [5.41, 5.74) is 3.07. The Morgan fingerprint density at radius 3 is 3.00 bits per heavy atom. The molecule has 18 heavy (non-hydrogen) atoms. The monoisotopic (exact) mass is 248 g/mol. The average Bonchev–Trinajstić information content (AvgIpc) is 2.84. The third-order valence-electron chi connectivity index (χ3n) is 3.21. The van der Waals surface area contributed by atoms with Crippen LogP contribution in [0.5, 0.6) is 0 Å². The number of carbonyl (C=O) groups excluding carboxylic acids is 1. The van der Waals surface area contributed by atoms with Crippen LogP contribution < -0.4 is 5.32 Å². The van der Waals surface area contributed by atoms with Crippen LogP contribution in [0, 0.1) is 0 Å². The second-order valence-corrected chi connectivity index (χ2v) is 4.56. The van der Waals surface area contributed by atoms with Gasteiger partial charge in [0, 0.05) is 30.9 Å². The van der Waals surface area contributed by atoms with Gasteiger partial charge >= 0.3 is 0 Å². The summed E-state index contributed by atoms with van der Waals surface area (Å²) in [6.45, 7) is 4.08. The van der Waals surface area contributed by atoms with Gasteiger partial charge in [-0.15, -0.1) is 0 Å². The van der Waals surface area contributed by atoms with Gasteiger partial charge in [-0.3, -0.25) is 4.79 Å². The summed E-state index contributed by atoms with van der Waals surface area (Å²) in [6, 6.07) is 5.80. The molecule has 4 nitrogen and oxygen atoms in total. The van der Waals surface area contributed by atoms with E-state index in [1.54, 1.807) is 4.90 Å². The fourth-order valence-corrected chi connectivity index (χ4v) is 2.33. The minimum absolute atomic E-state index is 0.0121. The van der Waals surface area contributed by atoms with Crippen molar-refractivity contribution < 1.29 is 9.90 Å². The van der Waals surface area contributed by atoms with E-state index in [-0.39, 0.29) is 12.5 Å². The molecule has 1 aromatic carbocycles. The van der Waals surface area contributed by atoms with E-state index in [4.69, 9.17) is 5.11 Å². The third kappa shape index (κ3) is 2.64. The molecule has 1 aliphatic heterocycles. The largest absolute Gasteiger partial charge is 0.395 e. The number of nitrogens with one attached hydrogen (secondary N) is 1. The number of anilines is 1. The van der Waals surface area contributed by atoms with Crippen LogP contribution in [0.4, 0.5) is 5.69 Å². The van der Waals surface area contributed by atoms with Crippen LogP contribution in [0.3, 0.4) is 0 Å². The number of aliphatic hydroxyl groups is 1. The van der Waals surface area contributed by atoms with Crippen LogP contribution in [0.1, 0.15) is 29.3 Å². The predicted molar refractivity (Wildman–Crippen MR) is 71.9 cm³/mol. The number of benzene rings is 1. The highest BCUT2D eigenvalue weighted by atomic mass is 16.3. The molecule has 0 fully saturated rings. The maximum Gasteiger partial charge on any atom is 0.253 e. The minimum Gasteiger partial charge on any atom is -0.395 e. The van der Waals surface area contributed by atoms with Crippen molar-refractivity contribution in [1.29, 1.82) is 0 Å². The van der Waals surface area contributed by atoms with Gasteiger partial charge in [-0.25, -0.2) is 0 Å². The molecule has 0 saturated heterocycles. The van der Waals surface area contributed by atoms with E-state index in [1.165, 1.54) is 5.56 Å². The van der Waals surface area contributed by atoms with E-state index < -0.39 is 0 Å². The first-order valence-corrected chi connectivity index (χ1v) is 6.53. The number of amides is 1. The Hall–Kier alpha value is -1.55. The molecule has 0 aromatic heterocycles. The van der Waals surface area contributed by atoms with Crippen LogP contribution in [-0.2, 0) is 6.42 Å². The summed E-state index contributed by atoms with van der Waals surface area (Å²) >= 11 is 0. The molecule has 0 saturated carbocycles.